The van der Waals surface area contributed by atoms with Crippen molar-refractivity contribution in [3.63, 3.8) is 0 Å². The number of carbonyl (C=O) groups is 1. The molecule has 140 valence electrons. The molecule has 1 fully saturated rings. The lowest BCUT2D eigenvalue weighted by Gasteiger charge is -2.19. The highest BCUT2D eigenvalue weighted by Crippen LogP contribution is 2.18. The van der Waals surface area contributed by atoms with Crippen molar-refractivity contribution in [2.75, 3.05) is 45.2 Å². The van der Waals surface area contributed by atoms with E-state index in [1.165, 1.54) is 0 Å². The predicted molar refractivity (Wildman–Crippen MR) is 104 cm³/mol. The predicted octanol–water partition coefficient (Wildman–Crippen LogP) is 1.06. The van der Waals surface area contributed by atoms with E-state index in [1.54, 1.807) is 4.57 Å². The zero-order valence-electron chi connectivity index (χ0n) is 15.6. The van der Waals surface area contributed by atoms with Crippen LogP contribution in [0.1, 0.15) is 19.3 Å². The Morgan fingerprint density at radius 1 is 1.23 bits per heavy atom. The van der Waals surface area contributed by atoms with Crippen molar-refractivity contribution in [1.29, 1.82) is 0 Å². The monoisotopic (exact) mass is 357 g/mol. The first kappa shape index (κ1) is 18.4. The molecule has 1 amide bonds. The maximum Gasteiger partial charge on any atom is 0.294 e. The molecule has 1 aromatic carbocycles. The summed E-state index contributed by atoms with van der Waals surface area (Å²) in [4.78, 5) is 33.8. The number of hydrogen-bond acceptors (Lipinski definition) is 5. The van der Waals surface area contributed by atoms with Gasteiger partial charge in [0, 0.05) is 39.1 Å². The van der Waals surface area contributed by atoms with Crippen LogP contribution in [-0.2, 0) is 11.3 Å². The van der Waals surface area contributed by atoms with Gasteiger partial charge in [-0.15, -0.1) is 0 Å². The Hall–Kier alpha value is -2.41. The summed E-state index contributed by atoms with van der Waals surface area (Å²) in [5, 5.41) is 2.90. The number of nitrogens with zero attached hydrogens (tertiary/aromatic N) is 4. The maximum atomic E-state index is 13.0. The highest BCUT2D eigenvalue weighted by molar-refractivity contribution is 5.78. The molecule has 0 unspecified atom stereocenters. The molecule has 0 saturated carbocycles. The lowest BCUT2D eigenvalue weighted by Crippen LogP contribution is -2.34. The average Bonchev–Trinajstić information content (AvgIpc) is 3.14. The fourth-order valence-corrected chi connectivity index (χ4v) is 3.26. The van der Waals surface area contributed by atoms with Crippen molar-refractivity contribution in [2.45, 2.75) is 25.8 Å². The summed E-state index contributed by atoms with van der Waals surface area (Å²) in [5.74, 6) is 0.469. The van der Waals surface area contributed by atoms with Gasteiger partial charge in [0.05, 0.1) is 11.0 Å². The molecule has 1 aromatic heterocycles. The first-order chi connectivity index (χ1) is 12.6. The number of carbonyl (C=O) groups excluding carboxylic acids is 1. The third-order valence-electron chi connectivity index (χ3n) is 4.68. The fourth-order valence-electron chi connectivity index (χ4n) is 3.26. The van der Waals surface area contributed by atoms with Gasteiger partial charge in [-0.1, -0.05) is 12.1 Å². The number of amides is 1. The highest BCUT2D eigenvalue weighted by Gasteiger charge is 2.20. The fraction of sp³-hybridized carbons (Fsp3) is 0.526. The molecule has 26 heavy (non-hydrogen) atoms. The minimum Gasteiger partial charge on any atom is -0.355 e. The van der Waals surface area contributed by atoms with Gasteiger partial charge in [-0.25, -0.2) is 4.98 Å². The molecular formula is C19H27N5O2. The number of fused-ring (bicyclic) bond motifs is 1. The Labute approximate surface area is 153 Å². The molecule has 1 aliphatic heterocycles. The van der Waals surface area contributed by atoms with Crippen LogP contribution < -0.4 is 15.8 Å². The topological polar surface area (TPSA) is 70.5 Å². The van der Waals surface area contributed by atoms with E-state index in [0.29, 0.717) is 18.9 Å². The summed E-state index contributed by atoms with van der Waals surface area (Å²) >= 11 is 0. The van der Waals surface area contributed by atoms with E-state index in [2.05, 4.69) is 15.2 Å². The van der Waals surface area contributed by atoms with Crippen molar-refractivity contribution in [3.8, 4) is 0 Å². The summed E-state index contributed by atoms with van der Waals surface area (Å²) < 4.78 is 1.70. The van der Waals surface area contributed by atoms with Gasteiger partial charge in [0.25, 0.3) is 5.56 Å². The molecule has 0 bridgehead atoms. The quantitative estimate of drug-likeness (QED) is 0.803. The standard InChI is InChI=1S/C19H27N5O2/c1-22(2)14-10-20-17(25)9-13-24-16-8-4-3-7-15(16)21-18(19(24)26)23-11-5-6-12-23/h3-4,7-8H,5-6,9-14H2,1-2H3,(H,20,25). The minimum atomic E-state index is -0.105. The second-order valence-corrected chi connectivity index (χ2v) is 6.98. The van der Waals surface area contributed by atoms with Gasteiger partial charge in [0.15, 0.2) is 5.82 Å². The van der Waals surface area contributed by atoms with Gasteiger partial charge < -0.3 is 19.7 Å². The molecule has 2 aromatic rings. The van der Waals surface area contributed by atoms with E-state index in [1.807, 2.05) is 43.3 Å². The molecule has 0 spiro atoms. The first-order valence-corrected chi connectivity index (χ1v) is 9.22. The minimum absolute atomic E-state index is 0.0395. The van der Waals surface area contributed by atoms with Crippen LogP contribution in [0.5, 0.6) is 0 Å². The average molecular weight is 357 g/mol. The van der Waals surface area contributed by atoms with Crippen LogP contribution in [0.25, 0.3) is 11.0 Å². The Bertz CT molecular complexity index is 824. The third-order valence-corrected chi connectivity index (χ3v) is 4.68. The van der Waals surface area contributed by atoms with E-state index in [-0.39, 0.29) is 17.9 Å². The second kappa shape index (κ2) is 8.31. The smallest absolute Gasteiger partial charge is 0.294 e. The molecule has 7 nitrogen and oxygen atoms in total. The van der Waals surface area contributed by atoms with E-state index in [0.717, 1.165) is 43.5 Å². The molecular weight excluding hydrogens is 330 g/mol. The Morgan fingerprint density at radius 2 is 1.96 bits per heavy atom. The number of aryl methyl sites for hydroxylation is 1. The molecule has 2 heterocycles. The van der Waals surface area contributed by atoms with Crippen LogP contribution in [0, 0.1) is 0 Å². The number of para-hydroxylation sites is 2. The largest absolute Gasteiger partial charge is 0.355 e. The molecule has 0 aliphatic carbocycles. The number of nitrogens with one attached hydrogen (secondary N) is 1. The van der Waals surface area contributed by atoms with E-state index in [4.69, 9.17) is 0 Å². The zero-order valence-corrected chi connectivity index (χ0v) is 15.6. The number of aromatic nitrogens is 2. The van der Waals surface area contributed by atoms with Gasteiger partial charge in [-0.3, -0.25) is 9.59 Å². The maximum absolute atomic E-state index is 13.0. The number of anilines is 1. The number of hydrogen-bond donors (Lipinski definition) is 1. The number of benzene rings is 1. The molecule has 1 aliphatic rings. The first-order valence-electron chi connectivity index (χ1n) is 9.22. The summed E-state index contributed by atoms with van der Waals surface area (Å²) in [6.07, 6.45) is 2.45. The lowest BCUT2D eigenvalue weighted by atomic mass is 10.2. The van der Waals surface area contributed by atoms with Crippen molar-refractivity contribution >= 4 is 22.8 Å². The molecule has 0 radical (unpaired) electrons. The SMILES string of the molecule is CN(C)CCNC(=O)CCn1c(=O)c(N2CCCC2)nc2ccccc21. The molecule has 3 rings (SSSR count). The van der Waals surface area contributed by atoms with E-state index in [9.17, 15) is 9.59 Å². The van der Waals surface area contributed by atoms with Gasteiger partial charge in [-0.2, -0.15) is 0 Å². The third kappa shape index (κ3) is 4.22. The summed E-state index contributed by atoms with van der Waals surface area (Å²) in [5.41, 5.74) is 1.47. The lowest BCUT2D eigenvalue weighted by molar-refractivity contribution is -0.121. The Morgan fingerprint density at radius 3 is 2.69 bits per heavy atom. The Kier molecular flexibility index (Phi) is 5.88. The highest BCUT2D eigenvalue weighted by atomic mass is 16.2. The van der Waals surface area contributed by atoms with Crippen molar-refractivity contribution in [3.05, 3.63) is 34.6 Å². The van der Waals surface area contributed by atoms with Gasteiger partial charge in [0.1, 0.15) is 0 Å². The van der Waals surface area contributed by atoms with E-state index < -0.39 is 0 Å². The van der Waals surface area contributed by atoms with Gasteiger partial charge in [0.2, 0.25) is 5.91 Å². The zero-order chi connectivity index (χ0) is 18.5. The van der Waals surface area contributed by atoms with Gasteiger partial charge in [-0.05, 0) is 39.1 Å². The van der Waals surface area contributed by atoms with Crippen LogP contribution in [0.2, 0.25) is 0 Å². The summed E-state index contributed by atoms with van der Waals surface area (Å²) in [6.45, 7) is 3.49. The molecule has 1 N–H and O–H groups in total. The van der Waals surface area contributed by atoms with Gasteiger partial charge >= 0.3 is 0 Å². The summed E-state index contributed by atoms with van der Waals surface area (Å²) in [6, 6.07) is 7.63. The number of rotatable bonds is 7. The second-order valence-electron chi connectivity index (χ2n) is 6.98. The number of likely N-dealkylation sites (N-methyl/N-ethyl adjacent to an activating group) is 1. The van der Waals surface area contributed by atoms with Crippen molar-refractivity contribution in [2.24, 2.45) is 0 Å². The van der Waals surface area contributed by atoms with Crippen LogP contribution in [0.3, 0.4) is 0 Å². The van der Waals surface area contributed by atoms with E-state index >= 15 is 0 Å². The van der Waals surface area contributed by atoms with Crippen LogP contribution in [-0.4, -0.2) is 60.6 Å². The van der Waals surface area contributed by atoms with Crippen molar-refractivity contribution in [1.82, 2.24) is 19.8 Å². The molecule has 7 heteroatoms. The van der Waals surface area contributed by atoms with Crippen LogP contribution in [0.4, 0.5) is 5.82 Å². The molecule has 1 saturated heterocycles. The summed E-state index contributed by atoms with van der Waals surface area (Å²) in [7, 11) is 3.93. The Balaban J connectivity index is 1.81. The van der Waals surface area contributed by atoms with Crippen LogP contribution in [0.15, 0.2) is 29.1 Å². The molecule has 0 atom stereocenters. The normalized spacial score (nSPS) is 14.3. The van der Waals surface area contributed by atoms with Crippen molar-refractivity contribution < 1.29 is 4.79 Å². The van der Waals surface area contributed by atoms with Crippen LogP contribution >= 0.6 is 0 Å².